The van der Waals surface area contributed by atoms with Crippen molar-refractivity contribution >= 4 is 11.9 Å². The van der Waals surface area contributed by atoms with Gasteiger partial charge >= 0.3 is 6.03 Å². The zero-order chi connectivity index (χ0) is 15.1. The van der Waals surface area contributed by atoms with E-state index in [1.54, 1.807) is 0 Å². The summed E-state index contributed by atoms with van der Waals surface area (Å²) >= 11 is 0. The average molecular weight is 282 g/mol. The van der Waals surface area contributed by atoms with E-state index in [1.807, 2.05) is 13.8 Å². The second kappa shape index (κ2) is 4.85. The van der Waals surface area contributed by atoms with E-state index in [9.17, 15) is 18.4 Å². The molecule has 1 aliphatic heterocycles. The zero-order valence-electron chi connectivity index (χ0n) is 11.5. The van der Waals surface area contributed by atoms with E-state index in [0.717, 1.165) is 17.0 Å². The lowest BCUT2D eigenvalue weighted by Gasteiger charge is -2.45. The lowest BCUT2D eigenvalue weighted by Crippen LogP contribution is -2.57. The topological polar surface area (TPSA) is 49.4 Å². The Hall–Kier alpha value is -1.98. The van der Waals surface area contributed by atoms with E-state index < -0.39 is 35.0 Å². The Bertz CT molecular complexity index is 572. The first-order valence-electron chi connectivity index (χ1n) is 6.26. The van der Waals surface area contributed by atoms with Crippen molar-refractivity contribution in [2.45, 2.75) is 26.8 Å². The van der Waals surface area contributed by atoms with Crippen molar-refractivity contribution in [3.8, 4) is 0 Å². The van der Waals surface area contributed by atoms with Gasteiger partial charge in [-0.1, -0.05) is 19.9 Å². The minimum Gasteiger partial charge on any atom is -0.337 e. The molecule has 1 aliphatic rings. The summed E-state index contributed by atoms with van der Waals surface area (Å²) in [6, 6.07) is 2.29. The molecule has 0 radical (unpaired) electrons. The van der Waals surface area contributed by atoms with Crippen molar-refractivity contribution in [2.24, 2.45) is 5.41 Å². The molecule has 1 aromatic rings. The number of carbonyl (C=O) groups excluding carboxylic acids is 2. The van der Waals surface area contributed by atoms with Gasteiger partial charge < -0.3 is 5.32 Å². The van der Waals surface area contributed by atoms with Crippen LogP contribution >= 0.6 is 0 Å². The van der Waals surface area contributed by atoms with Crippen LogP contribution in [0.3, 0.4) is 0 Å². The van der Waals surface area contributed by atoms with Crippen molar-refractivity contribution in [2.75, 3.05) is 6.54 Å². The molecule has 1 N–H and O–H groups in total. The molecule has 1 aromatic carbocycles. The first-order valence-corrected chi connectivity index (χ1v) is 6.26. The molecule has 0 bridgehead atoms. The van der Waals surface area contributed by atoms with Crippen LogP contribution in [0.2, 0.25) is 0 Å². The predicted molar refractivity (Wildman–Crippen MR) is 68.8 cm³/mol. The van der Waals surface area contributed by atoms with Gasteiger partial charge in [0.25, 0.3) is 0 Å². The number of halogens is 2. The Labute approximate surface area is 115 Å². The number of hydrogen-bond donors (Lipinski definition) is 1. The van der Waals surface area contributed by atoms with E-state index in [2.05, 4.69) is 5.32 Å². The van der Waals surface area contributed by atoms with Crippen molar-refractivity contribution in [1.29, 1.82) is 0 Å². The lowest BCUT2D eigenvalue weighted by atomic mass is 9.78. The zero-order valence-corrected chi connectivity index (χ0v) is 11.5. The Morgan fingerprint density at radius 1 is 1.35 bits per heavy atom. The number of nitrogens with one attached hydrogen (secondary N) is 1. The van der Waals surface area contributed by atoms with Crippen molar-refractivity contribution in [3.63, 3.8) is 0 Å². The summed E-state index contributed by atoms with van der Waals surface area (Å²) in [7, 11) is 0. The van der Waals surface area contributed by atoms with E-state index in [1.165, 1.54) is 13.0 Å². The highest BCUT2D eigenvalue weighted by atomic mass is 19.2. The molecule has 1 saturated heterocycles. The van der Waals surface area contributed by atoms with Crippen molar-refractivity contribution in [3.05, 3.63) is 35.4 Å². The smallest absolute Gasteiger partial charge is 0.324 e. The Morgan fingerprint density at radius 3 is 2.55 bits per heavy atom. The third kappa shape index (κ3) is 2.37. The van der Waals surface area contributed by atoms with Crippen LogP contribution in [-0.2, 0) is 4.79 Å². The molecule has 1 fully saturated rings. The summed E-state index contributed by atoms with van der Waals surface area (Å²) in [5.41, 5.74) is -0.0944. The van der Waals surface area contributed by atoms with Crippen LogP contribution in [0.15, 0.2) is 18.2 Å². The summed E-state index contributed by atoms with van der Waals surface area (Å²) in [5.74, 6) is -2.39. The molecule has 0 saturated carbocycles. The Balaban J connectivity index is 2.53. The molecule has 3 amide bonds. The minimum atomic E-state index is -0.993. The standard InChI is InChI=1S/C14H16F2N2O2/c1-8(19)18-12(14(2,3)7-17-13(18)20)9-4-5-10(15)11(16)6-9/h4-6,12H,7H2,1-3H3,(H,17,20). The summed E-state index contributed by atoms with van der Waals surface area (Å²) in [6.45, 7) is 5.33. The molecule has 1 atom stereocenters. The molecular formula is C14H16F2N2O2. The fourth-order valence-electron chi connectivity index (χ4n) is 2.56. The van der Waals surface area contributed by atoms with Crippen LogP contribution in [0.25, 0.3) is 0 Å². The molecule has 0 aromatic heterocycles. The summed E-state index contributed by atoms with van der Waals surface area (Å²) < 4.78 is 26.5. The van der Waals surface area contributed by atoms with Gasteiger partial charge in [0.1, 0.15) is 0 Å². The van der Waals surface area contributed by atoms with Crippen molar-refractivity contribution < 1.29 is 18.4 Å². The lowest BCUT2D eigenvalue weighted by molar-refractivity contribution is -0.131. The molecule has 1 heterocycles. The average Bonchev–Trinajstić information content (AvgIpc) is 2.35. The summed E-state index contributed by atoms with van der Waals surface area (Å²) in [5, 5.41) is 2.63. The fourth-order valence-corrected chi connectivity index (χ4v) is 2.56. The number of benzene rings is 1. The maximum atomic E-state index is 13.4. The van der Waals surface area contributed by atoms with Crippen LogP contribution in [0.1, 0.15) is 32.4 Å². The third-order valence-electron chi connectivity index (χ3n) is 3.51. The van der Waals surface area contributed by atoms with Crippen LogP contribution in [0.5, 0.6) is 0 Å². The molecule has 1 unspecified atom stereocenters. The molecule has 0 spiro atoms. The predicted octanol–water partition coefficient (Wildman–Crippen LogP) is 2.60. The highest BCUT2D eigenvalue weighted by Crippen LogP contribution is 2.40. The van der Waals surface area contributed by atoms with Gasteiger partial charge in [0.05, 0.1) is 6.04 Å². The van der Waals surface area contributed by atoms with E-state index in [-0.39, 0.29) is 0 Å². The van der Waals surface area contributed by atoms with Gasteiger partial charge in [-0.25, -0.2) is 13.6 Å². The highest BCUT2D eigenvalue weighted by molar-refractivity contribution is 5.94. The van der Waals surface area contributed by atoms with E-state index >= 15 is 0 Å². The van der Waals surface area contributed by atoms with Gasteiger partial charge in [-0.3, -0.25) is 9.69 Å². The third-order valence-corrected chi connectivity index (χ3v) is 3.51. The number of urea groups is 1. The van der Waals surface area contributed by atoms with Gasteiger partial charge in [-0.2, -0.15) is 0 Å². The van der Waals surface area contributed by atoms with Gasteiger partial charge in [0, 0.05) is 18.9 Å². The first-order chi connectivity index (χ1) is 9.24. The number of nitrogens with zero attached hydrogens (tertiary/aromatic N) is 1. The number of amides is 3. The number of carbonyl (C=O) groups is 2. The maximum absolute atomic E-state index is 13.4. The quantitative estimate of drug-likeness (QED) is 0.860. The number of rotatable bonds is 1. The van der Waals surface area contributed by atoms with Gasteiger partial charge in [0.15, 0.2) is 11.6 Å². The number of hydrogen-bond acceptors (Lipinski definition) is 2. The SMILES string of the molecule is CC(=O)N1C(=O)NCC(C)(C)C1c1ccc(F)c(F)c1. The maximum Gasteiger partial charge on any atom is 0.324 e. The summed E-state index contributed by atoms with van der Waals surface area (Å²) in [4.78, 5) is 24.7. The van der Waals surface area contributed by atoms with Gasteiger partial charge in [0.2, 0.25) is 5.91 Å². The molecular weight excluding hydrogens is 266 g/mol. The van der Waals surface area contributed by atoms with E-state index in [0.29, 0.717) is 12.1 Å². The first kappa shape index (κ1) is 14.4. The van der Waals surface area contributed by atoms with Crippen LogP contribution in [0, 0.1) is 17.0 Å². The largest absolute Gasteiger partial charge is 0.337 e. The van der Waals surface area contributed by atoms with E-state index in [4.69, 9.17) is 0 Å². The highest BCUT2D eigenvalue weighted by Gasteiger charge is 2.44. The molecule has 0 aliphatic carbocycles. The molecule has 6 heteroatoms. The monoisotopic (exact) mass is 282 g/mol. The summed E-state index contributed by atoms with van der Waals surface area (Å²) in [6.07, 6.45) is 0. The second-order valence-corrected chi connectivity index (χ2v) is 5.61. The normalized spacial score (nSPS) is 21.6. The van der Waals surface area contributed by atoms with Crippen molar-refractivity contribution in [1.82, 2.24) is 10.2 Å². The second-order valence-electron chi connectivity index (χ2n) is 5.61. The molecule has 108 valence electrons. The Morgan fingerprint density at radius 2 is 2.00 bits per heavy atom. The molecule has 2 rings (SSSR count). The van der Waals surface area contributed by atoms with Crippen LogP contribution < -0.4 is 5.32 Å². The molecule has 4 nitrogen and oxygen atoms in total. The number of imide groups is 1. The Kier molecular flexibility index (Phi) is 3.50. The van der Waals surface area contributed by atoms with Crippen LogP contribution in [-0.4, -0.2) is 23.4 Å². The van der Waals surface area contributed by atoms with Gasteiger partial charge in [-0.05, 0) is 17.7 Å². The van der Waals surface area contributed by atoms with Gasteiger partial charge in [-0.15, -0.1) is 0 Å². The minimum absolute atomic E-state index is 0.347. The van der Waals surface area contributed by atoms with Crippen LogP contribution in [0.4, 0.5) is 13.6 Å². The fraction of sp³-hybridized carbons (Fsp3) is 0.429. The molecule has 20 heavy (non-hydrogen) atoms.